The van der Waals surface area contributed by atoms with Gasteiger partial charge in [0.15, 0.2) is 11.6 Å². The number of Topliss-reactive ketones (excluding diaryl/α,β-unsaturated/α-hetero) is 2. The minimum Gasteiger partial charge on any atom is -0.335 e. The largest absolute Gasteiger partial charge is 0.335 e. The van der Waals surface area contributed by atoms with Crippen LogP contribution in [0.15, 0.2) is 0 Å². The molecule has 4 N–H and O–H groups in total. The van der Waals surface area contributed by atoms with Crippen molar-refractivity contribution in [1.82, 2.24) is 9.80 Å². The molecule has 0 aromatic heterocycles. The van der Waals surface area contributed by atoms with Crippen LogP contribution < -0.4 is 11.5 Å². The van der Waals surface area contributed by atoms with Crippen molar-refractivity contribution >= 4 is 23.4 Å². The number of nitrogens with two attached hydrogens (primary N) is 2. The molecule has 164 valence electrons. The van der Waals surface area contributed by atoms with Gasteiger partial charge >= 0.3 is 0 Å². The lowest BCUT2D eigenvalue weighted by atomic mass is 9.74. The zero-order valence-corrected chi connectivity index (χ0v) is 18.0. The molecule has 0 aromatic rings. The number of hydrogen-bond donors (Lipinski definition) is 2. The molecule has 3 unspecified atom stereocenters. The molecule has 2 saturated heterocycles. The van der Waals surface area contributed by atoms with Gasteiger partial charge in [-0.05, 0) is 37.0 Å². The van der Waals surface area contributed by atoms with Gasteiger partial charge in [0.05, 0.1) is 25.2 Å². The number of likely N-dealkylation sites (tertiary alicyclic amines) is 2. The fourth-order valence-electron chi connectivity index (χ4n) is 4.44. The third kappa shape index (κ3) is 6.34. The molecule has 2 aliphatic rings. The topological polar surface area (TPSA) is 127 Å². The Morgan fingerprint density at radius 2 is 1.45 bits per heavy atom. The summed E-state index contributed by atoms with van der Waals surface area (Å²) in [5, 5.41) is 0. The lowest BCUT2D eigenvalue weighted by Crippen LogP contribution is -2.49. The summed E-state index contributed by atoms with van der Waals surface area (Å²) in [5.74, 6) is -0.146. The van der Waals surface area contributed by atoms with E-state index >= 15 is 0 Å². The van der Waals surface area contributed by atoms with Gasteiger partial charge in [-0.3, -0.25) is 19.2 Å². The van der Waals surface area contributed by atoms with Crippen molar-refractivity contribution < 1.29 is 19.2 Å². The molecule has 0 bridgehead atoms. The maximum absolute atomic E-state index is 12.6. The van der Waals surface area contributed by atoms with Gasteiger partial charge in [0.2, 0.25) is 11.8 Å². The third-order valence-corrected chi connectivity index (χ3v) is 6.17. The molecule has 0 spiro atoms. The van der Waals surface area contributed by atoms with E-state index in [4.69, 9.17) is 11.5 Å². The number of amides is 2. The van der Waals surface area contributed by atoms with Crippen molar-refractivity contribution in [3.05, 3.63) is 0 Å². The van der Waals surface area contributed by atoms with Crippen molar-refractivity contribution in [2.75, 3.05) is 26.2 Å². The summed E-state index contributed by atoms with van der Waals surface area (Å²) < 4.78 is 0. The van der Waals surface area contributed by atoms with Gasteiger partial charge in [-0.25, -0.2) is 0 Å². The highest BCUT2D eigenvalue weighted by Gasteiger charge is 2.36. The number of carbonyl (C=O) groups is 4. The van der Waals surface area contributed by atoms with E-state index in [-0.39, 0.29) is 42.4 Å². The van der Waals surface area contributed by atoms with Crippen molar-refractivity contribution in [3.63, 3.8) is 0 Å². The van der Waals surface area contributed by atoms with Crippen LogP contribution in [0.1, 0.15) is 59.3 Å². The summed E-state index contributed by atoms with van der Waals surface area (Å²) in [6.07, 6.45) is 3.70. The average molecular weight is 409 g/mol. The van der Waals surface area contributed by atoms with Crippen LogP contribution in [-0.2, 0) is 19.2 Å². The van der Waals surface area contributed by atoms with E-state index < -0.39 is 17.5 Å². The number of nitrogens with zero attached hydrogens (tertiary/aromatic N) is 2. The van der Waals surface area contributed by atoms with E-state index in [1.165, 1.54) is 0 Å². The van der Waals surface area contributed by atoms with Crippen LogP contribution in [0.5, 0.6) is 0 Å². The number of rotatable bonds is 11. The van der Waals surface area contributed by atoms with E-state index in [1.807, 2.05) is 20.8 Å². The zero-order chi connectivity index (χ0) is 21.8. The van der Waals surface area contributed by atoms with Gasteiger partial charge in [0.25, 0.3) is 0 Å². The van der Waals surface area contributed by atoms with Gasteiger partial charge in [0.1, 0.15) is 0 Å². The second kappa shape index (κ2) is 9.80. The molecule has 0 saturated carbocycles. The lowest BCUT2D eigenvalue weighted by Gasteiger charge is -2.34. The molecule has 2 fully saturated rings. The summed E-state index contributed by atoms with van der Waals surface area (Å²) in [6, 6.07) is -1.32. The number of carbonyl (C=O) groups excluding carboxylic acids is 4. The summed E-state index contributed by atoms with van der Waals surface area (Å²) in [4.78, 5) is 51.6. The van der Waals surface area contributed by atoms with Crippen molar-refractivity contribution in [2.24, 2.45) is 22.8 Å². The van der Waals surface area contributed by atoms with Crippen LogP contribution in [0.3, 0.4) is 0 Å². The summed E-state index contributed by atoms with van der Waals surface area (Å²) in [7, 11) is 0. The van der Waals surface area contributed by atoms with Crippen LogP contribution >= 0.6 is 0 Å². The van der Waals surface area contributed by atoms with Crippen molar-refractivity contribution in [3.8, 4) is 0 Å². The van der Waals surface area contributed by atoms with Crippen LogP contribution in [0.2, 0.25) is 0 Å². The van der Waals surface area contributed by atoms with E-state index in [0.29, 0.717) is 38.8 Å². The van der Waals surface area contributed by atoms with Gasteiger partial charge in [0, 0.05) is 25.9 Å². The second-order valence-electron chi connectivity index (χ2n) is 9.39. The molecular weight excluding hydrogens is 372 g/mol. The van der Waals surface area contributed by atoms with Gasteiger partial charge < -0.3 is 21.3 Å². The van der Waals surface area contributed by atoms with Crippen LogP contribution in [-0.4, -0.2) is 71.4 Å². The predicted octanol–water partition coefficient (Wildman–Crippen LogP) is 0.467. The highest BCUT2D eigenvalue weighted by Crippen LogP contribution is 2.31. The summed E-state index contributed by atoms with van der Waals surface area (Å²) in [6.45, 7) is 7.26. The molecule has 0 radical (unpaired) electrons. The smallest absolute Gasteiger partial charge is 0.223 e. The maximum atomic E-state index is 12.6. The van der Waals surface area contributed by atoms with Gasteiger partial charge in [-0.15, -0.1) is 0 Å². The zero-order valence-electron chi connectivity index (χ0n) is 18.0. The Balaban J connectivity index is 1.82. The first-order valence-electron chi connectivity index (χ1n) is 10.6. The van der Waals surface area contributed by atoms with Crippen molar-refractivity contribution in [2.45, 2.75) is 71.4 Å². The fraction of sp³-hybridized carbons (Fsp3) is 0.810. The highest BCUT2D eigenvalue weighted by molar-refractivity contribution is 5.91. The molecule has 0 aromatic carbocycles. The minimum absolute atomic E-state index is 0.0118. The lowest BCUT2D eigenvalue weighted by molar-refractivity contribution is -0.133. The Hall–Kier alpha value is -1.80. The van der Waals surface area contributed by atoms with Crippen molar-refractivity contribution in [1.29, 1.82) is 0 Å². The Kier molecular flexibility index (Phi) is 7.94. The normalized spacial score (nSPS) is 20.9. The first kappa shape index (κ1) is 23.5. The Morgan fingerprint density at radius 1 is 0.966 bits per heavy atom. The highest BCUT2D eigenvalue weighted by atomic mass is 16.2. The average Bonchev–Trinajstić information content (AvgIpc) is 3.22. The van der Waals surface area contributed by atoms with E-state index in [9.17, 15) is 19.2 Å². The molecule has 29 heavy (non-hydrogen) atoms. The Morgan fingerprint density at radius 3 is 1.90 bits per heavy atom. The molecule has 3 atom stereocenters. The summed E-state index contributed by atoms with van der Waals surface area (Å²) >= 11 is 0. The van der Waals surface area contributed by atoms with Crippen LogP contribution in [0.25, 0.3) is 0 Å². The quantitative estimate of drug-likeness (QED) is 0.511. The molecule has 2 aliphatic heterocycles. The number of hydrogen-bond acceptors (Lipinski definition) is 6. The standard InChI is InChI=1S/C21H36N4O4/c1-14(10-15(22)16(26)12-24-8-4-6-18(24)28)11-21(2,3)20(23)17(27)13-25-9-5-7-19(25)29/h14-15,20H,4-13,22-23H2,1-3H3. The Labute approximate surface area is 173 Å². The SMILES string of the molecule is CC(CC(N)C(=O)CN1CCCC1=O)CC(C)(C)C(N)C(=O)CN1CCCC1=O. The molecule has 2 amide bonds. The molecule has 8 nitrogen and oxygen atoms in total. The van der Waals surface area contributed by atoms with Gasteiger partial charge in [-0.1, -0.05) is 20.8 Å². The first-order chi connectivity index (χ1) is 13.5. The van der Waals surface area contributed by atoms with E-state index in [0.717, 1.165) is 12.8 Å². The summed E-state index contributed by atoms with van der Waals surface area (Å²) in [5.41, 5.74) is 11.9. The first-order valence-corrected chi connectivity index (χ1v) is 10.6. The minimum atomic E-state index is -0.688. The predicted molar refractivity (Wildman–Crippen MR) is 110 cm³/mol. The van der Waals surface area contributed by atoms with Crippen LogP contribution in [0, 0.1) is 11.3 Å². The van der Waals surface area contributed by atoms with E-state index in [1.54, 1.807) is 9.80 Å². The third-order valence-electron chi connectivity index (χ3n) is 6.17. The van der Waals surface area contributed by atoms with E-state index in [2.05, 4.69) is 0 Å². The molecule has 0 aliphatic carbocycles. The monoisotopic (exact) mass is 408 g/mol. The van der Waals surface area contributed by atoms with Crippen LogP contribution in [0.4, 0.5) is 0 Å². The fourth-order valence-corrected chi connectivity index (χ4v) is 4.44. The molecule has 2 heterocycles. The maximum Gasteiger partial charge on any atom is 0.223 e. The number of ketones is 2. The second-order valence-corrected chi connectivity index (χ2v) is 9.39. The molecular formula is C21H36N4O4. The molecule has 8 heteroatoms. The molecule has 2 rings (SSSR count). The van der Waals surface area contributed by atoms with Gasteiger partial charge in [-0.2, -0.15) is 0 Å². The Bertz CT molecular complexity index is 649.